The van der Waals surface area contributed by atoms with Gasteiger partial charge in [-0.15, -0.1) is 18.2 Å². The number of hydrogen-bond donors (Lipinski definition) is 2. The van der Waals surface area contributed by atoms with Gasteiger partial charge in [-0.05, 0) is 18.2 Å². The smallest absolute Gasteiger partial charge is 0.231 e. The fourth-order valence-electron chi connectivity index (χ4n) is 0.954. The number of thioether (sulfide) groups is 1. The quantitative estimate of drug-likeness (QED) is 0.454. The van der Waals surface area contributed by atoms with Crippen LogP contribution in [0.4, 0.5) is 5.69 Å². The van der Waals surface area contributed by atoms with Crippen molar-refractivity contribution in [2.75, 3.05) is 18.0 Å². The van der Waals surface area contributed by atoms with Crippen LogP contribution >= 0.6 is 11.8 Å². The lowest BCUT2D eigenvalue weighted by atomic mass is 10.3. The van der Waals surface area contributed by atoms with E-state index in [4.69, 9.17) is 12.2 Å². The molecule has 0 heterocycles. The number of hydrogen-bond acceptors (Lipinski definition) is 3. The minimum atomic E-state index is -0.0691. The molecule has 0 fully saturated rings. The molecule has 3 N–H and O–H groups in total. The Morgan fingerprint density at radius 2 is 2.40 bits per heavy atom. The average molecular weight is 220 g/mol. The van der Waals surface area contributed by atoms with E-state index < -0.39 is 0 Å². The van der Waals surface area contributed by atoms with Crippen molar-refractivity contribution in [1.82, 2.24) is 5.32 Å². The maximum atomic E-state index is 11.2. The van der Waals surface area contributed by atoms with E-state index in [2.05, 4.69) is 11.2 Å². The first-order valence-electron chi connectivity index (χ1n) is 4.41. The predicted molar refractivity (Wildman–Crippen MR) is 63.4 cm³/mol. The summed E-state index contributed by atoms with van der Waals surface area (Å²) in [4.78, 5) is 12.2. The van der Waals surface area contributed by atoms with Crippen molar-refractivity contribution in [2.45, 2.75) is 4.90 Å². The summed E-state index contributed by atoms with van der Waals surface area (Å²) in [6.07, 6.45) is 5.02. The van der Waals surface area contributed by atoms with Crippen LogP contribution in [0, 0.1) is 12.3 Å². The Bertz CT molecular complexity index is 384. The number of nitrogen functional groups attached to an aromatic ring is 1. The second-order valence-electron chi connectivity index (χ2n) is 2.84. The highest BCUT2D eigenvalue weighted by molar-refractivity contribution is 8.00. The topological polar surface area (TPSA) is 55.1 Å². The molecule has 0 atom stereocenters. The van der Waals surface area contributed by atoms with E-state index in [-0.39, 0.29) is 12.5 Å². The Labute approximate surface area is 93.4 Å². The first-order valence-corrected chi connectivity index (χ1v) is 5.39. The van der Waals surface area contributed by atoms with Crippen LogP contribution in [-0.4, -0.2) is 18.2 Å². The van der Waals surface area contributed by atoms with Crippen LogP contribution in [0.3, 0.4) is 0 Å². The first-order chi connectivity index (χ1) is 7.22. The summed E-state index contributed by atoms with van der Waals surface area (Å²) in [6, 6.07) is 7.41. The van der Waals surface area contributed by atoms with Gasteiger partial charge in [0.2, 0.25) is 5.91 Å². The molecular weight excluding hydrogens is 208 g/mol. The SMILES string of the molecule is C#CCNC(=O)CSc1cccc(N)c1. The molecule has 0 aliphatic heterocycles. The lowest BCUT2D eigenvalue weighted by Crippen LogP contribution is -2.25. The standard InChI is InChI=1S/C11H12N2OS/c1-2-6-13-11(14)8-15-10-5-3-4-9(12)7-10/h1,3-5,7H,6,8,12H2,(H,13,14). The van der Waals surface area contributed by atoms with Crippen LogP contribution in [-0.2, 0) is 4.79 Å². The maximum Gasteiger partial charge on any atom is 0.231 e. The van der Waals surface area contributed by atoms with Gasteiger partial charge in [-0.1, -0.05) is 12.0 Å². The monoisotopic (exact) mass is 220 g/mol. The highest BCUT2D eigenvalue weighted by Gasteiger charge is 2.01. The molecule has 0 radical (unpaired) electrons. The van der Waals surface area contributed by atoms with E-state index in [0.29, 0.717) is 11.4 Å². The van der Waals surface area contributed by atoms with Crippen LogP contribution in [0.5, 0.6) is 0 Å². The molecule has 4 heteroatoms. The number of nitrogens with one attached hydrogen (secondary N) is 1. The summed E-state index contributed by atoms with van der Waals surface area (Å²) in [6.45, 7) is 0.274. The minimum absolute atomic E-state index is 0.0691. The van der Waals surface area contributed by atoms with Crippen molar-refractivity contribution in [1.29, 1.82) is 0 Å². The minimum Gasteiger partial charge on any atom is -0.399 e. The van der Waals surface area contributed by atoms with Gasteiger partial charge in [0, 0.05) is 10.6 Å². The number of nitrogens with two attached hydrogens (primary N) is 1. The first kappa shape index (κ1) is 11.5. The summed E-state index contributed by atoms with van der Waals surface area (Å²) in [7, 11) is 0. The number of terminal acetylenes is 1. The third-order valence-corrected chi connectivity index (χ3v) is 2.61. The van der Waals surface area contributed by atoms with Gasteiger partial charge in [0.05, 0.1) is 12.3 Å². The normalized spacial score (nSPS) is 9.27. The average Bonchev–Trinajstić information content (AvgIpc) is 2.23. The van der Waals surface area contributed by atoms with E-state index >= 15 is 0 Å². The molecule has 15 heavy (non-hydrogen) atoms. The zero-order valence-electron chi connectivity index (χ0n) is 8.19. The molecule has 0 saturated carbocycles. The molecule has 0 unspecified atom stereocenters. The van der Waals surface area contributed by atoms with Gasteiger partial charge < -0.3 is 11.1 Å². The Morgan fingerprint density at radius 3 is 3.07 bits per heavy atom. The number of benzene rings is 1. The Hall–Kier alpha value is -1.60. The Balaban J connectivity index is 2.37. The van der Waals surface area contributed by atoms with Gasteiger partial charge >= 0.3 is 0 Å². The van der Waals surface area contributed by atoms with Crippen LogP contribution in [0.2, 0.25) is 0 Å². The second kappa shape index (κ2) is 5.99. The van der Waals surface area contributed by atoms with Crippen LogP contribution < -0.4 is 11.1 Å². The molecular formula is C11H12N2OS. The lowest BCUT2D eigenvalue weighted by Gasteiger charge is -2.02. The maximum absolute atomic E-state index is 11.2. The van der Waals surface area contributed by atoms with Gasteiger partial charge in [0.15, 0.2) is 0 Å². The molecule has 1 aromatic carbocycles. The van der Waals surface area contributed by atoms with Crippen LogP contribution in [0.15, 0.2) is 29.2 Å². The van der Waals surface area contributed by atoms with Gasteiger partial charge in [-0.2, -0.15) is 0 Å². The summed E-state index contributed by atoms with van der Waals surface area (Å²) < 4.78 is 0. The van der Waals surface area contributed by atoms with Crippen molar-refractivity contribution in [3.8, 4) is 12.3 Å². The third-order valence-electron chi connectivity index (χ3n) is 1.62. The van der Waals surface area contributed by atoms with Crippen molar-refractivity contribution in [3.05, 3.63) is 24.3 Å². The predicted octanol–water partition coefficient (Wildman–Crippen LogP) is 1.11. The van der Waals surface area contributed by atoms with E-state index in [1.165, 1.54) is 11.8 Å². The molecule has 0 saturated heterocycles. The van der Waals surface area contributed by atoms with E-state index in [1.54, 1.807) is 0 Å². The molecule has 1 amide bonds. The highest BCUT2D eigenvalue weighted by Crippen LogP contribution is 2.19. The van der Waals surface area contributed by atoms with Crippen molar-refractivity contribution in [2.24, 2.45) is 0 Å². The fraction of sp³-hybridized carbons (Fsp3) is 0.182. The van der Waals surface area contributed by atoms with Gasteiger partial charge in [0.25, 0.3) is 0 Å². The van der Waals surface area contributed by atoms with Gasteiger partial charge in [-0.3, -0.25) is 4.79 Å². The fourth-order valence-corrected chi connectivity index (χ4v) is 1.75. The summed E-state index contributed by atoms with van der Waals surface area (Å²) >= 11 is 1.43. The molecule has 1 rings (SSSR count). The molecule has 1 aromatic rings. The van der Waals surface area contributed by atoms with Crippen LogP contribution in [0.25, 0.3) is 0 Å². The number of carbonyl (C=O) groups is 1. The molecule has 3 nitrogen and oxygen atoms in total. The Morgan fingerprint density at radius 1 is 1.60 bits per heavy atom. The summed E-state index contributed by atoms with van der Waals surface area (Å²) in [5.74, 6) is 2.63. The largest absolute Gasteiger partial charge is 0.399 e. The summed E-state index contributed by atoms with van der Waals surface area (Å²) in [5.41, 5.74) is 6.30. The van der Waals surface area contributed by atoms with Crippen molar-refractivity contribution >= 4 is 23.4 Å². The zero-order valence-corrected chi connectivity index (χ0v) is 9.01. The molecule has 78 valence electrons. The van der Waals surface area contributed by atoms with Crippen molar-refractivity contribution < 1.29 is 4.79 Å². The van der Waals surface area contributed by atoms with Gasteiger partial charge in [-0.25, -0.2) is 0 Å². The zero-order chi connectivity index (χ0) is 11.1. The third kappa shape index (κ3) is 4.43. The molecule has 0 bridgehead atoms. The van der Waals surface area contributed by atoms with Crippen molar-refractivity contribution in [3.63, 3.8) is 0 Å². The number of carbonyl (C=O) groups excluding carboxylic acids is 1. The van der Waals surface area contributed by atoms with Gasteiger partial charge in [0.1, 0.15) is 0 Å². The second-order valence-corrected chi connectivity index (χ2v) is 3.89. The molecule has 0 spiro atoms. The highest BCUT2D eigenvalue weighted by atomic mass is 32.2. The van der Waals surface area contributed by atoms with E-state index in [1.807, 2.05) is 24.3 Å². The number of rotatable bonds is 4. The summed E-state index contributed by atoms with van der Waals surface area (Å²) in [5, 5.41) is 2.59. The lowest BCUT2D eigenvalue weighted by molar-refractivity contribution is -0.118. The van der Waals surface area contributed by atoms with Crippen LogP contribution in [0.1, 0.15) is 0 Å². The number of anilines is 1. The molecule has 0 aliphatic carbocycles. The molecule has 0 aliphatic rings. The van der Waals surface area contributed by atoms with E-state index in [0.717, 1.165) is 4.90 Å². The number of amides is 1. The Kier molecular flexibility index (Phi) is 4.58. The van der Waals surface area contributed by atoms with E-state index in [9.17, 15) is 4.79 Å². The molecule has 0 aromatic heterocycles.